The summed E-state index contributed by atoms with van der Waals surface area (Å²) >= 11 is 7.31. The fourth-order valence-corrected chi connectivity index (χ4v) is 4.01. The lowest BCUT2D eigenvalue weighted by Crippen LogP contribution is -2.17. The van der Waals surface area contributed by atoms with Gasteiger partial charge in [0.25, 0.3) is 11.5 Å². The van der Waals surface area contributed by atoms with Crippen LogP contribution in [0.3, 0.4) is 0 Å². The number of aromatic amines is 1. The van der Waals surface area contributed by atoms with Crippen LogP contribution < -0.4 is 10.9 Å². The fraction of sp³-hybridized carbons (Fsp3) is 0.350. The van der Waals surface area contributed by atoms with Crippen molar-refractivity contribution in [1.82, 2.24) is 14.8 Å². The molecule has 2 heterocycles. The number of carbonyl (C=O) groups is 1. The molecule has 1 amide bonds. The van der Waals surface area contributed by atoms with Crippen LogP contribution in [0.5, 0.6) is 0 Å². The van der Waals surface area contributed by atoms with Crippen molar-refractivity contribution in [1.29, 1.82) is 0 Å². The molecule has 28 heavy (non-hydrogen) atoms. The molecule has 6 nitrogen and oxygen atoms in total. The first-order valence-corrected chi connectivity index (χ1v) is 10.4. The number of hydrogen-bond donors (Lipinski definition) is 2. The van der Waals surface area contributed by atoms with Crippen molar-refractivity contribution in [3.8, 4) is 5.13 Å². The Morgan fingerprint density at radius 2 is 2.07 bits per heavy atom. The lowest BCUT2D eigenvalue weighted by atomic mass is 10.1. The number of benzene rings is 1. The van der Waals surface area contributed by atoms with Crippen molar-refractivity contribution in [2.24, 2.45) is 0 Å². The van der Waals surface area contributed by atoms with E-state index in [-0.39, 0.29) is 11.5 Å². The summed E-state index contributed by atoms with van der Waals surface area (Å²) in [6.45, 7) is 7.64. The van der Waals surface area contributed by atoms with Crippen LogP contribution in [-0.2, 0) is 6.42 Å². The van der Waals surface area contributed by atoms with E-state index in [0.717, 1.165) is 36.1 Å². The number of halogens is 1. The smallest absolute Gasteiger partial charge is 0.276 e. The van der Waals surface area contributed by atoms with E-state index in [1.807, 2.05) is 19.9 Å². The maximum Gasteiger partial charge on any atom is 0.276 e. The Morgan fingerprint density at radius 3 is 2.75 bits per heavy atom. The van der Waals surface area contributed by atoms with Crippen LogP contribution in [0.2, 0.25) is 5.02 Å². The van der Waals surface area contributed by atoms with Gasteiger partial charge in [-0.2, -0.15) is 4.68 Å². The molecule has 1 aromatic carbocycles. The second-order valence-electron chi connectivity index (χ2n) is 6.79. The molecule has 0 saturated carbocycles. The van der Waals surface area contributed by atoms with E-state index in [9.17, 15) is 9.59 Å². The molecule has 0 aliphatic carbocycles. The Morgan fingerprint density at radius 1 is 1.32 bits per heavy atom. The lowest BCUT2D eigenvalue weighted by molar-refractivity contribution is 0.103. The molecule has 0 spiro atoms. The molecule has 3 aromatic rings. The van der Waals surface area contributed by atoms with Gasteiger partial charge in [-0.3, -0.25) is 14.7 Å². The topological polar surface area (TPSA) is 79.8 Å². The number of aromatic nitrogens is 3. The molecule has 0 aliphatic heterocycles. The van der Waals surface area contributed by atoms with Crippen molar-refractivity contribution in [2.45, 2.75) is 47.0 Å². The van der Waals surface area contributed by atoms with Crippen molar-refractivity contribution in [3.05, 3.63) is 61.0 Å². The van der Waals surface area contributed by atoms with Gasteiger partial charge in [-0.05, 0) is 51.3 Å². The van der Waals surface area contributed by atoms with Gasteiger partial charge in [0.2, 0.25) is 5.13 Å². The highest BCUT2D eigenvalue weighted by atomic mass is 35.5. The number of hydrogen-bond acceptors (Lipinski definition) is 4. The molecule has 0 bridgehead atoms. The first-order chi connectivity index (χ1) is 13.3. The van der Waals surface area contributed by atoms with E-state index in [4.69, 9.17) is 11.6 Å². The van der Waals surface area contributed by atoms with Crippen LogP contribution in [0.15, 0.2) is 23.0 Å². The SMILES string of the molecule is CCCCc1c(C)[nH]n(-c2nc(C)c(C(=O)Nc3ccc(C)c(Cl)c3)s2)c1=O. The number of carbonyl (C=O) groups excluding carboxylic acids is 1. The normalized spacial score (nSPS) is 11.0. The van der Waals surface area contributed by atoms with Crippen molar-refractivity contribution in [2.75, 3.05) is 5.32 Å². The summed E-state index contributed by atoms with van der Waals surface area (Å²) in [5, 5.41) is 6.97. The number of H-pyrrole nitrogens is 1. The summed E-state index contributed by atoms with van der Waals surface area (Å²) in [7, 11) is 0. The summed E-state index contributed by atoms with van der Waals surface area (Å²) < 4.78 is 1.43. The predicted molar refractivity (Wildman–Crippen MR) is 114 cm³/mol. The minimum Gasteiger partial charge on any atom is -0.321 e. The Balaban J connectivity index is 1.88. The Kier molecular flexibility index (Phi) is 6.05. The van der Waals surface area contributed by atoms with Gasteiger partial charge in [-0.1, -0.05) is 42.3 Å². The highest BCUT2D eigenvalue weighted by molar-refractivity contribution is 7.16. The third-order valence-corrected chi connectivity index (χ3v) is 6.13. The Labute approximate surface area is 172 Å². The zero-order valence-electron chi connectivity index (χ0n) is 16.4. The predicted octanol–water partition coefficient (Wildman–Crippen LogP) is 4.80. The molecule has 148 valence electrons. The third kappa shape index (κ3) is 4.05. The average Bonchev–Trinajstić information content (AvgIpc) is 3.16. The van der Waals surface area contributed by atoms with Crippen LogP contribution >= 0.6 is 22.9 Å². The summed E-state index contributed by atoms with van der Waals surface area (Å²) in [6, 6.07) is 5.36. The van der Waals surface area contributed by atoms with Crippen LogP contribution in [0.1, 0.15) is 52.0 Å². The molecular weight excluding hydrogens is 396 g/mol. The summed E-state index contributed by atoms with van der Waals surface area (Å²) in [4.78, 5) is 30.3. The van der Waals surface area contributed by atoms with Gasteiger partial charge < -0.3 is 5.32 Å². The van der Waals surface area contributed by atoms with Crippen molar-refractivity contribution >= 4 is 34.5 Å². The van der Waals surface area contributed by atoms with E-state index in [1.54, 1.807) is 19.1 Å². The van der Waals surface area contributed by atoms with E-state index < -0.39 is 0 Å². The van der Waals surface area contributed by atoms with Gasteiger partial charge >= 0.3 is 0 Å². The number of thiazole rings is 1. The van der Waals surface area contributed by atoms with Crippen LogP contribution in [-0.4, -0.2) is 20.7 Å². The maximum absolute atomic E-state index is 12.7. The average molecular weight is 419 g/mol. The number of rotatable bonds is 6. The number of nitrogens with one attached hydrogen (secondary N) is 2. The second-order valence-corrected chi connectivity index (χ2v) is 8.17. The number of aryl methyl sites for hydroxylation is 3. The molecule has 2 aromatic heterocycles. The second kappa shape index (κ2) is 8.32. The van der Waals surface area contributed by atoms with Gasteiger partial charge in [0.1, 0.15) is 4.88 Å². The van der Waals surface area contributed by atoms with Crippen LogP contribution in [0, 0.1) is 20.8 Å². The van der Waals surface area contributed by atoms with Gasteiger partial charge in [-0.25, -0.2) is 4.98 Å². The zero-order chi connectivity index (χ0) is 20.4. The van der Waals surface area contributed by atoms with E-state index in [1.165, 1.54) is 16.0 Å². The number of anilines is 1. The summed E-state index contributed by atoms with van der Waals surface area (Å²) in [6.07, 6.45) is 2.71. The summed E-state index contributed by atoms with van der Waals surface area (Å²) in [5.74, 6) is -0.274. The number of amides is 1. The third-order valence-electron chi connectivity index (χ3n) is 4.59. The molecule has 3 rings (SSSR count). The molecule has 0 atom stereocenters. The first kappa shape index (κ1) is 20.4. The highest BCUT2D eigenvalue weighted by Crippen LogP contribution is 2.24. The summed E-state index contributed by atoms with van der Waals surface area (Å²) in [5.41, 5.74) is 3.64. The Bertz CT molecular complexity index is 1080. The van der Waals surface area contributed by atoms with Gasteiger partial charge in [0.15, 0.2) is 0 Å². The number of nitrogens with zero attached hydrogens (tertiary/aromatic N) is 2. The molecule has 2 N–H and O–H groups in total. The van der Waals surface area contributed by atoms with Gasteiger partial charge in [-0.15, -0.1) is 0 Å². The standard InChI is InChI=1S/C20H23ClN4O2S/c1-5-6-7-15-12(3)24-25(19(15)27)20-22-13(4)17(28-20)18(26)23-14-9-8-11(2)16(21)10-14/h8-10,24H,5-7H2,1-4H3,(H,23,26). The van der Waals surface area contributed by atoms with Gasteiger partial charge in [0.05, 0.1) is 5.69 Å². The van der Waals surface area contributed by atoms with Crippen LogP contribution in [0.4, 0.5) is 5.69 Å². The molecule has 0 aliphatic rings. The van der Waals surface area contributed by atoms with Crippen molar-refractivity contribution < 1.29 is 4.79 Å². The van der Waals surface area contributed by atoms with E-state index in [2.05, 4.69) is 22.3 Å². The molecule has 0 fully saturated rings. The largest absolute Gasteiger partial charge is 0.321 e. The zero-order valence-corrected chi connectivity index (χ0v) is 17.9. The fourth-order valence-electron chi connectivity index (χ4n) is 2.91. The van der Waals surface area contributed by atoms with E-state index >= 15 is 0 Å². The lowest BCUT2D eigenvalue weighted by Gasteiger charge is -2.05. The van der Waals surface area contributed by atoms with Gasteiger partial charge in [0, 0.05) is 22.0 Å². The van der Waals surface area contributed by atoms with E-state index in [0.29, 0.717) is 26.4 Å². The number of unbranched alkanes of at least 4 members (excludes halogenated alkanes) is 1. The molecule has 8 heteroatoms. The molecule has 0 unspecified atom stereocenters. The monoisotopic (exact) mass is 418 g/mol. The minimum atomic E-state index is -0.274. The maximum atomic E-state index is 12.7. The van der Waals surface area contributed by atoms with Crippen LogP contribution in [0.25, 0.3) is 5.13 Å². The minimum absolute atomic E-state index is 0.100. The first-order valence-electron chi connectivity index (χ1n) is 9.17. The molecule has 0 radical (unpaired) electrons. The highest BCUT2D eigenvalue weighted by Gasteiger charge is 2.20. The Hall–Kier alpha value is -2.38. The quantitative estimate of drug-likeness (QED) is 0.603. The molecular formula is C20H23ClN4O2S. The molecule has 0 saturated heterocycles. The van der Waals surface area contributed by atoms with Crippen molar-refractivity contribution in [3.63, 3.8) is 0 Å².